The molecule has 3 heteroatoms. The normalized spacial score (nSPS) is 12.2. The monoisotopic (exact) mass is 206 g/mol. The first-order valence-electron chi connectivity index (χ1n) is 5.15. The lowest BCUT2D eigenvalue weighted by Gasteiger charge is -2.14. The molecule has 0 saturated carbocycles. The fraction of sp³-hybridized carbons (Fsp3) is 0.417. The number of nitrogens with one attached hydrogen (secondary N) is 1. The van der Waals surface area contributed by atoms with Crippen molar-refractivity contribution in [1.29, 1.82) is 0 Å². The number of benzene rings is 1. The summed E-state index contributed by atoms with van der Waals surface area (Å²) in [5.74, 6) is -0.114. The van der Waals surface area contributed by atoms with Gasteiger partial charge in [-0.2, -0.15) is 0 Å². The number of nitrogens with two attached hydrogens (primary N) is 1. The van der Waals surface area contributed by atoms with Crippen molar-refractivity contribution < 1.29 is 4.79 Å². The minimum atomic E-state index is -0.129. The number of hydrogen-bond donors (Lipinski definition) is 2. The van der Waals surface area contributed by atoms with E-state index in [4.69, 9.17) is 5.73 Å². The van der Waals surface area contributed by atoms with Gasteiger partial charge in [0.2, 0.25) is 5.91 Å². The zero-order valence-electron chi connectivity index (χ0n) is 9.29. The van der Waals surface area contributed by atoms with E-state index in [1.165, 1.54) is 11.1 Å². The van der Waals surface area contributed by atoms with Crippen molar-refractivity contribution in [3.63, 3.8) is 0 Å². The van der Waals surface area contributed by atoms with Crippen LogP contribution in [0.25, 0.3) is 0 Å². The second kappa shape index (κ2) is 5.51. The molecule has 0 aliphatic rings. The molecule has 0 aliphatic heterocycles. The zero-order chi connectivity index (χ0) is 11.3. The van der Waals surface area contributed by atoms with Gasteiger partial charge in [-0.25, -0.2) is 0 Å². The first-order chi connectivity index (χ1) is 7.19. The lowest BCUT2D eigenvalue weighted by Crippen LogP contribution is -2.34. The van der Waals surface area contributed by atoms with E-state index in [0.29, 0.717) is 13.0 Å². The van der Waals surface area contributed by atoms with Crippen LogP contribution in [0.3, 0.4) is 0 Å². The molecular formula is C12H18N2O. The van der Waals surface area contributed by atoms with Crippen molar-refractivity contribution in [2.24, 2.45) is 11.7 Å². The van der Waals surface area contributed by atoms with Gasteiger partial charge >= 0.3 is 0 Å². The van der Waals surface area contributed by atoms with Gasteiger partial charge in [0.05, 0.1) is 5.92 Å². The van der Waals surface area contributed by atoms with Crippen LogP contribution in [-0.4, -0.2) is 19.5 Å². The third kappa shape index (κ3) is 3.06. The van der Waals surface area contributed by atoms with Crippen LogP contribution in [0.15, 0.2) is 24.3 Å². The summed E-state index contributed by atoms with van der Waals surface area (Å²) in [5, 5.41) is 2.64. The van der Waals surface area contributed by atoms with E-state index in [1.807, 2.05) is 31.2 Å². The molecule has 0 aromatic heterocycles. The summed E-state index contributed by atoms with van der Waals surface area (Å²) in [6, 6.07) is 8.07. The van der Waals surface area contributed by atoms with Crippen LogP contribution in [0.1, 0.15) is 11.1 Å². The SMILES string of the molecule is CNC(=O)C(CN)Cc1ccccc1C. The summed E-state index contributed by atoms with van der Waals surface area (Å²) in [7, 11) is 1.64. The number of rotatable bonds is 4. The highest BCUT2D eigenvalue weighted by atomic mass is 16.1. The fourth-order valence-electron chi connectivity index (χ4n) is 1.59. The molecule has 0 bridgehead atoms. The molecule has 0 fully saturated rings. The molecule has 0 spiro atoms. The van der Waals surface area contributed by atoms with Crippen LogP contribution in [-0.2, 0) is 11.2 Å². The molecule has 1 rings (SSSR count). The van der Waals surface area contributed by atoms with Crippen LogP contribution in [0.5, 0.6) is 0 Å². The second-order valence-electron chi connectivity index (χ2n) is 3.68. The van der Waals surface area contributed by atoms with Gasteiger partial charge in [-0.15, -0.1) is 0 Å². The minimum absolute atomic E-state index is 0.0146. The largest absolute Gasteiger partial charge is 0.359 e. The lowest BCUT2D eigenvalue weighted by molar-refractivity contribution is -0.124. The van der Waals surface area contributed by atoms with E-state index in [2.05, 4.69) is 5.32 Å². The van der Waals surface area contributed by atoms with Crippen molar-refractivity contribution >= 4 is 5.91 Å². The van der Waals surface area contributed by atoms with Crippen molar-refractivity contribution in [1.82, 2.24) is 5.32 Å². The molecule has 1 atom stereocenters. The third-order valence-electron chi connectivity index (χ3n) is 2.63. The van der Waals surface area contributed by atoms with E-state index in [9.17, 15) is 4.79 Å². The van der Waals surface area contributed by atoms with E-state index in [-0.39, 0.29) is 11.8 Å². The summed E-state index contributed by atoms with van der Waals surface area (Å²) in [6.45, 7) is 2.43. The summed E-state index contributed by atoms with van der Waals surface area (Å²) in [4.78, 5) is 11.5. The number of carbonyl (C=O) groups is 1. The Labute approximate surface area is 90.7 Å². The van der Waals surface area contributed by atoms with Crippen LogP contribution < -0.4 is 11.1 Å². The molecule has 1 aromatic rings. The number of amides is 1. The quantitative estimate of drug-likeness (QED) is 0.767. The number of carbonyl (C=O) groups excluding carboxylic acids is 1. The van der Waals surface area contributed by atoms with Crippen LogP contribution in [0, 0.1) is 12.8 Å². The van der Waals surface area contributed by atoms with Crippen molar-refractivity contribution in [3.8, 4) is 0 Å². The molecule has 1 unspecified atom stereocenters. The van der Waals surface area contributed by atoms with Gasteiger partial charge in [0.1, 0.15) is 0 Å². The Bertz CT molecular complexity index is 336. The lowest BCUT2D eigenvalue weighted by atomic mass is 9.95. The van der Waals surface area contributed by atoms with Crippen molar-refractivity contribution in [2.45, 2.75) is 13.3 Å². The maximum atomic E-state index is 11.5. The minimum Gasteiger partial charge on any atom is -0.359 e. The van der Waals surface area contributed by atoms with Gasteiger partial charge in [0.15, 0.2) is 0 Å². The molecule has 0 heterocycles. The number of aryl methyl sites for hydroxylation is 1. The average Bonchev–Trinajstić information content (AvgIpc) is 2.27. The molecule has 1 amide bonds. The van der Waals surface area contributed by atoms with E-state index in [0.717, 1.165) is 0 Å². The van der Waals surface area contributed by atoms with Gasteiger partial charge in [-0.3, -0.25) is 4.79 Å². The molecule has 0 aliphatic carbocycles. The van der Waals surface area contributed by atoms with E-state index >= 15 is 0 Å². The zero-order valence-corrected chi connectivity index (χ0v) is 9.29. The van der Waals surface area contributed by atoms with Crippen molar-refractivity contribution in [3.05, 3.63) is 35.4 Å². The van der Waals surface area contributed by atoms with Crippen LogP contribution in [0.2, 0.25) is 0 Å². The van der Waals surface area contributed by atoms with Gasteiger partial charge in [-0.1, -0.05) is 24.3 Å². The average molecular weight is 206 g/mol. The predicted molar refractivity (Wildman–Crippen MR) is 61.5 cm³/mol. The first kappa shape index (κ1) is 11.7. The number of hydrogen-bond acceptors (Lipinski definition) is 2. The Morgan fingerprint density at radius 2 is 2.13 bits per heavy atom. The highest BCUT2D eigenvalue weighted by molar-refractivity contribution is 5.78. The second-order valence-corrected chi connectivity index (χ2v) is 3.68. The molecular weight excluding hydrogens is 188 g/mol. The Morgan fingerprint density at radius 1 is 1.47 bits per heavy atom. The summed E-state index contributed by atoms with van der Waals surface area (Å²) < 4.78 is 0. The molecule has 3 N–H and O–H groups in total. The fourth-order valence-corrected chi connectivity index (χ4v) is 1.59. The van der Waals surface area contributed by atoms with Gasteiger partial charge in [0, 0.05) is 13.6 Å². The molecule has 1 aromatic carbocycles. The van der Waals surface area contributed by atoms with Crippen LogP contribution in [0.4, 0.5) is 0 Å². The Balaban J connectivity index is 2.75. The maximum absolute atomic E-state index is 11.5. The molecule has 82 valence electrons. The smallest absolute Gasteiger partial charge is 0.224 e. The molecule has 0 saturated heterocycles. The van der Waals surface area contributed by atoms with Crippen LogP contribution >= 0.6 is 0 Å². The first-order valence-corrected chi connectivity index (χ1v) is 5.15. The van der Waals surface area contributed by atoms with Gasteiger partial charge in [-0.05, 0) is 24.5 Å². The topological polar surface area (TPSA) is 55.1 Å². The molecule has 15 heavy (non-hydrogen) atoms. The van der Waals surface area contributed by atoms with E-state index in [1.54, 1.807) is 7.05 Å². The summed E-state index contributed by atoms with van der Waals surface area (Å²) in [5.41, 5.74) is 7.99. The maximum Gasteiger partial charge on any atom is 0.224 e. The summed E-state index contributed by atoms with van der Waals surface area (Å²) in [6.07, 6.45) is 0.711. The Kier molecular flexibility index (Phi) is 4.31. The standard InChI is InChI=1S/C12H18N2O/c1-9-5-3-4-6-10(9)7-11(8-13)12(15)14-2/h3-6,11H,7-8,13H2,1-2H3,(H,14,15). The van der Waals surface area contributed by atoms with Crippen molar-refractivity contribution in [2.75, 3.05) is 13.6 Å². The predicted octanol–water partition coefficient (Wildman–Crippen LogP) is 0.858. The van der Waals surface area contributed by atoms with E-state index < -0.39 is 0 Å². The Hall–Kier alpha value is -1.35. The van der Waals surface area contributed by atoms with Gasteiger partial charge in [0.25, 0.3) is 0 Å². The molecule has 3 nitrogen and oxygen atoms in total. The summed E-state index contributed by atoms with van der Waals surface area (Å²) >= 11 is 0. The highest BCUT2D eigenvalue weighted by Crippen LogP contribution is 2.12. The van der Waals surface area contributed by atoms with Gasteiger partial charge < -0.3 is 11.1 Å². The third-order valence-corrected chi connectivity index (χ3v) is 2.63. The molecule has 0 radical (unpaired) electrons. The highest BCUT2D eigenvalue weighted by Gasteiger charge is 2.16. The Morgan fingerprint density at radius 3 is 2.67 bits per heavy atom.